The van der Waals surface area contributed by atoms with Crippen molar-refractivity contribution >= 4 is 57.2 Å². The number of aryl methyl sites for hydroxylation is 1. The first-order valence-corrected chi connectivity index (χ1v) is 7.98. The van der Waals surface area contributed by atoms with Gasteiger partial charge in [-0.05, 0) is 81.8 Å². The van der Waals surface area contributed by atoms with Crippen molar-refractivity contribution in [2.75, 3.05) is 0 Å². The van der Waals surface area contributed by atoms with Gasteiger partial charge in [0.1, 0.15) is 0 Å². The zero-order chi connectivity index (χ0) is 12.7. The van der Waals surface area contributed by atoms with Crippen molar-refractivity contribution < 1.29 is 0 Å². The topological polar surface area (TPSA) is 20.7 Å². The van der Waals surface area contributed by atoms with Gasteiger partial charge in [-0.3, -0.25) is 0 Å². The summed E-state index contributed by atoms with van der Waals surface area (Å²) in [6.45, 7) is 2.99. The van der Waals surface area contributed by atoms with Gasteiger partial charge < -0.3 is 9.55 Å². The molecule has 2 heterocycles. The molecule has 5 heteroatoms. The molecule has 2 aromatic heterocycles. The number of aromatic amines is 1. The van der Waals surface area contributed by atoms with Crippen molar-refractivity contribution in [3.63, 3.8) is 0 Å². The normalized spacial score (nSPS) is 11.2. The van der Waals surface area contributed by atoms with Crippen LogP contribution in [0.15, 0.2) is 29.0 Å². The second-order valence-corrected chi connectivity index (χ2v) is 6.63. The predicted molar refractivity (Wildman–Crippen MR) is 88.0 cm³/mol. The lowest BCUT2D eigenvalue weighted by atomic mass is 10.2. The van der Waals surface area contributed by atoms with E-state index < -0.39 is 0 Å². The van der Waals surface area contributed by atoms with E-state index in [4.69, 9.17) is 12.2 Å². The van der Waals surface area contributed by atoms with E-state index in [1.807, 2.05) is 0 Å². The Bertz CT molecular complexity index is 767. The van der Waals surface area contributed by atoms with Crippen LogP contribution in [0.2, 0.25) is 0 Å². The van der Waals surface area contributed by atoms with Crippen molar-refractivity contribution in [1.82, 2.24) is 9.55 Å². The van der Waals surface area contributed by atoms with Crippen molar-refractivity contribution in [3.8, 4) is 0 Å². The number of H-pyrrole nitrogens is 1. The number of rotatable bonds is 2. The minimum Gasteiger partial charge on any atom is -0.331 e. The van der Waals surface area contributed by atoms with Crippen LogP contribution in [0, 0.1) is 15.3 Å². The molecule has 0 aliphatic heterocycles. The second kappa shape index (κ2) is 4.79. The number of hydrogen-bond acceptors (Lipinski definition) is 2. The van der Waals surface area contributed by atoms with E-state index >= 15 is 0 Å². The van der Waals surface area contributed by atoms with Crippen molar-refractivity contribution in [1.29, 1.82) is 0 Å². The van der Waals surface area contributed by atoms with Gasteiger partial charge in [0.2, 0.25) is 0 Å². The van der Waals surface area contributed by atoms with Gasteiger partial charge in [-0.15, -0.1) is 0 Å². The molecule has 18 heavy (non-hydrogen) atoms. The van der Waals surface area contributed by atoms with Crippen LogP contribution in [0.25, 0.3) is 11.0 Å². The molecule has 1 aromatic carbocycles. The fourth-order valence-corrected chi connectivity index (χ4v) is 3.62. The maximum Gasteiger partial charge on any atom is 0.178 e. The fraction of sp³-hybridized carbons (Fsp3) is 0.154. The third-order valence-electron chi connectivity index (χ3n) is 3.03. The standard InChI is InChI=1S/C13H11IN2S2/c1-8-6-18-7-9(8)5-16-12-3-2-10(14)4-11(12)15-13(16)17/h2-4,6-7H,5H2,1H3,(H,15,17). The van der Waals surface area contributed by atoms with Gasteiger partial charge in [0.05, 0.1) is 17.6 Å². The van der Waals surface area contributed by atoms with Crippen molar-refractivity contribution in [2.24, 2.45) is 0 Å². The van der Waals surface area contributed by atoms with Crippen LogP contribution in [0.5, 0.6) is 0 Å². The van der Waals surface area contributed by atoms with E-state index in [1.54, 1.807) is 11.3 Å². The summed E-state index contributed by atoms with van der Waals surface area (Å²) < 4.78 is 4.17. The Morgan fingerprint density at radius 2 is 2.22 bits per heavy atom. The second-order valence-electron chi connectivity index (χ2n) is 4.26. The molecule has 0 aliphatic rings. The van der Waals surface area contributed by atoms with E-state index in [2.05, 4.69) is 68.0 Å². The Balaban J connectivity index is 2.15. The molecule has 0 atom stereocenters. The minimum absolute atomic E-state index is 0.789. The third kappa shape index (κ3) is 2.15. The average molecular weight is 386 g/mol. The molecule has 0 spiro atoms. The molecule has 0 amide bonds. The van der Waals surface area contributed by atoms with E-state index in [0.29, 0.717) is 0 Å². The molecule has 92 valence electrons. The molecule has 0 unspecified atom stereocenters. The molecule has 1 N–H and O–H groups in total. The van der Waals surface area contributed by atoms with Gasteiger partial charge in [0.15, 0.2) is 4.77 Å². The highest BCUT2D eigenvalue weighted by Gasteiger charge is 2.07. The highest BCUT2D eigenvalue weighted by molar-refractivity contribution is 14.1. The highest BCUT2D eigenvalue weighted by atomic mass is 127. The van der Waals surface area contributed by atoms with Crippen LogP contribution in [0.4, 0.5) is 0 Å². The fourth-order valence-electron chi connectivity index (χ4n) is 2.01. The molecular weight excluding hydrogens is 375 g/mol. The largest absolute Gasteiger partial charge is 0.331 e. The number of hydrogen-bond donors (Lipinski definition) is 1. The van der Waals surface area contributed by atoms with E-state index in [1.165, 1.54) is 20.2 Å². The summed E-state index contributed by atoms with van der Waals surface area (Å²) in [5.41, 5.74) is 4.96. The number of nitrogens with one attached hydrogen (secondary N) is 1. The molecule has 0 saturated carbocycles. The molecule has 2 nitrogen and oxygen atoms in total. The Kier molecular flexibility index (Phi) is 3.29. The number of imidazole rings is 1. The first kappa shape index (κ1) is 12.4. The van der Waals surface area contributed by atoms with Crippen LogP contribution in [-0.2, 0) is 6.54 Å². The summed E-state index contributed by atoms with van der Waals surface area (Å²) >= 11 is 9.48. The monoisotopic (exact) mass is 386 g/mol. The number of halogens is 1. The molecule has 0 radical (unpaired) electrons. The Morgan fingerprint density at radius 3 is 2.94 bits per heavy atom. The van der Waals surface area contributed by atoms with Gasteiger partial charge in [-0.2, -0.15) is 11.3 Å². The molecule has 0 aliphatic carbocycles. The molecule has 3 aromatic rings. The van der Waals surface area contributed by atoms with Gasteiger partial charge in [0, 0.05) is 3.57 Å². The lowest BCUT2D eigenvalue weighted by Crippen LogP contribution is -1.99. The average Bonchev–Trinajstić information content (AvgIpc) is 2.85. The smallest absolute Gasteiger partial charge is 0.178 e. The van der Waals surface area contributed by atoms with E-state index in [-0.39, 0.29) is 0 Å². The Labute approximate surface area is 128 Å². The predicted octanol–water partition coefficient (Wildman–Crippen LogP) is 4.72. The lowest BCUT2D eigenvalue weighted by Gasteiger charge is -2.04. The van der Waals surface area contributed by atoms with E-state index in [0.717, 1.165) is 16.8 Å². The minimum atomic E-state index is 0.789. The van der Waals surface area contributed by atoms with E-state index in [9.17, 15) is 0 Å². The quantitative estimate of drug-likeness (QED) is 0.499. The van der Waals surface area contributed by atoms with Gasteiger partial charge in [0.25, 0.3) is 0 Å². The zero-order valence-corrected chi connectivity index (χ0v) is 13.5. The first-order valence-electron chi connectivity index (χ1n) is 5.55. The number of fused-ring (bicyclic) bond motifs is 1. The summed E-state index contributed by atoms with van der Waals surface area (Å²) in [6, 6.07) is 6.37. The number of nitrogens with zero attached hydrogens (tertiary/aromatic N) is 1. The zero-order valence-electron chi connectivity index (χ0n) is 9.74. The van der Waals surface area contributed by atoms with Gasteiger partial charge in [-0.1, -0.05) is 0 Å². The summed E-state index contributed by atoms with van der Waals surface area (Å²) in [6.07, 6.45) is 0. The molecule has 3 rings (SSSR count). The van der Waals surface area contributed by atoms with Crippen LogP contribution in [0.1, 0.15) is 11.1 Å². The SMILES string of the molecule is Cc1cscc1Cn1c(=S)[nH]c2cc(I)ccc21. The maximum atomic E-state index is 5.42. The van der Waals surface area contributed by atoms with Crippen LogP contribution in [-0.4, -0.2) is 9.55 Å². The van der Waals surface area contributed by atoms with Gasteiger partial charge >= 0.3 is 0 Å². The number of thiophene rings is 1. The number of aromatic nitrogens is 2. The summed E-state index contributed by atoms with van der Waals surface area (Å²) in [7, 11) is 0. The van der Waals surface area contributed by atoms with Crippen LogP contribution >= 0.6 is 46.1 Å². The number of benzene rings is 1. The Hall–Kier alpha value is -0.660. The van der Waals surface area contributed by atoms with Crippen LogP contribution < -0.4 is 0 Å². The first-order chi connectivity index (χ1) is 8.65. The molecule has 0 fully saturated rings. The Morgan fingerprint density at radius 1 is 1.39 bits per heavy atom. The molecule has 0 saturated heterocycles. The highest BCUT2D eigenvalue weighted by Crippen LogP contribution is 2.21. The summed E-state index contributed by atoms with van der Waals surface area (Å²) in [5, 5.41) is 4.37. The van der Waals surface area contributed by atoms with Crippen molar-refractivity contribution in [2.45, 2.75) is 13.5 Å². The van der Waals surface area contributed by atoms with Crippen LogP contribution in [0.3, 0.4) is 0 Å². The summed E-state index contributed by atoms with van der Waals surface area (Å²) in [4.78, 5) is 3.28. The third-order valence-corrected chi connectivity index (χ3v) is 4.93. The maximum absolute atomic E-state index is 5.42. The molecule has 0 bridgehead atoms. The lowest BCUT2D eigenvalue weighted by molar-refractivity contribution is 0.808. The van der Waals surface area contributed by atoms with Gasteiger partial charge in [-0.25, -0.2) is 0 Å². The molecular formula is C13H11IN2S2. The summed E-state index contributed by atoms with van der Waals surface area (Å²) in [5.74, 6) is 0. The van der Waals surface area contributed by atoms with Crippen molar-refractivity contribution in [3.05, 3.63) is 48.4 Å².